The van der Waals surface area contributed by atoms with E-state index >= 15 is 0 Å². The molecule has 1 atom stereocenters. The summed E-state index contributed by atoms with van der Waals surface area (Å²) in [7, 11) is 0. The molecule has 5 rings (SSSR count). The third-order valence-corrected chi connectivity index (χ3v) is 5.22. The van der Waals surface area contributed by atoms with Gasteiger partial charge in [0.05, 0.1) is 5.57 Å². The molecule has 0 fully saturated rings. The van der Waals surface area contributed by atoms with Gasteiger partial charge in [-0.25, -0.2) is 9.38 Å². The number of guanidine groups is 1. The predicted octanol–water partition coefficient (Wildman–Crippen LogP) is 4.99. The average molecular weight is 441 g/mol. The number of halogens is 1. The van der Waals surface area contributed by atoms with E-state index < -0.39 is 6.04 Å². The Kier molecular flexibility index (Phi) is 5.32. The fourth-order valence-electron chi connectivity index (χ4n) is 3.67. The number of amides is 1. The van der Waals surface area contributed by atoms with Crippen molar-refractivity contribution in [1.29, 1.82) is 0 Å². The summed E-state index contributed by atoms with van der Waals surface area (Å²) in [5, 5.41) is 9.07. The van der Waals surface area contributed by atoms with Gasteiger partial charge >= 0.3 is 6.01 Å². The highest BCUT2D eigenvalue weighted by Crippen LogP contribution is 2.32. The van der Waals surface area contributed by atoms with Gasteiger partial charge in [-0.2, -0.15) is 4.98 Å². The average Bonchev–Trinajstić information content (AvgIpc) is 3.22. The first-order valence-corrected chi connectivity index (χ1v) is 10.4. The molecule has 33 heavy (non-hydrogen) atoms. The van der Waals surface area contributed by atoms with Crippen LogP contribution in [0.4, 0.5) is 16.1 Å². The molecule has 0 aliphatic carbocycles. The van der Waals surface area contributed by atoms with Gasteiger partial charge in [0.2, 0.25) is 5.96 Å². The molecule has 0 spiro atoms. The molecule has 7 nitrogen and oxygen atoms in total. The SMILES string of the molecule is CC1=C(C(=O)Nc2ccccc2)[C@@H](c2ccc(F)cc2)N=C(Nc2nc3ccccc3o2)N1. The zero-order chi connectivity index (χ0) is 22.8. The summed E-state index contributed by atoms with van der Waals surface area (Å²) < 4.78 is 19.3. The maximum Gasteiger partial charge on any atom is 0.302 e. The first kappa shape index (κ1) is 20.4. The van der Waals surface area contributed by atoms with Crippen LogP contribution in [0.1, 0.15) is 18.5 Å². The number of anilines is 2. The highest BCUT2D eigenvalue weighted by atomic mass is 19.1. The molecular weight excluding hydrogens is 421 g/mol. The van der Waals surface area contributed by atoms with Gasteiger partial charge in [-0.1, -0.05) is 42.5 Å². The van der Waals surface area contributed by atoms with Crippen LogP contribution in [0.3, 0.4) is 0 Å². The lowest BCUT2D eigenvalue weighted by Gasteiger charge is -2.26. The maximum absolute atomic E-state index is 13.6. The number of hydrogen-bond acceptors (Lipinski definition) is 6. The van der Waals surface area contributed by atoms with Crippen LogP contribution in [0.15, 0.2) is 99.5 Å². The van der Waals surface area contributed by atoms with E-state index in [4.69, 9.17) is 9.41 Å². The van der Waals surface area contributed by atoms with Crippen LogP contribution in [0.2, 0.25) is 0 Å². The number of oxazole rings is 1. The Morgan fingerprint density at radius 1 is 1.00 bits per heavy atom. The summed E-state index contributed by atoms with van der Waals surface area (Å²) in [5.41, 5.74) is 3.72. The van der Waals surface area contributed by atoms with Crippen LogP contribution in [-0.4, -0.2) is 16.9 Å². The normalized spacial score (nSPS) is 15.7. The predicted molar refractivity (Wildman–Crippen MR) is 125 cm³/mol. The smallest absolute Gasteiger partial charge is 0.302 e. The quantitative estimate of drug-likeness (QED) is 0.415. The minimum absolute atomic E-state index is 0.269. The number of rotatable bonds is 4. The summed E-state index contributed by atoms with van der Waals surface area (Å²) in [4.78, 5) is 22.3. The van der Waals surface area contributed by atoms with Crippen molar-refractivity contribution in [3.05, 3.63) is 102 Å². The zero-order valence-corrected chi connectivity index (χ0v) is 17.7. The third kappa shape index (κ3) is 4.31. The van der Waals surface area contributed by atoms with E-state index in [9.17, 15) is 9.18 Å². The molecule has 1 aliphatic heterocycles. The number of hydrogen-bond donors (Lipinski definition) is 3. The Morgan fingerprint density at radius 2 is 1.73 bits per heavy atom. The molecule has 1 amide bonds. The van der Waals surface area contributed by atoms with Crippen LogP contribution in [0.25, 0.3) is 11.1 Å². The molecule has 1 aromatic heterocycles. The Labute approximate surface area is 189 Å². The van der Waals surface area contributed by atoms with Crippen molar-refractivity contribution in [3.63, 3.8) is 0 Å². The summed E-state index contributed by atoms with van der Waals surface area (Å²) in [6.07, 6.45) is 0. The van der Waals surface area contributed by atoms with E-state index in [1.807, 2.05) is 42.5 Å². The van der Waals surface area contributed by atoms with Gasteiger partial charge in [-0.15, -0.1) is 0 Å². The maximum atomic E-state index is 13.6. The summed E-state index contributed by atoms with van der Waals surface area (Å²) in [6, 6.07) is 22.1. The Morgan fingerprint density at radius 3 is 2.48 bits per heavy atom. The van der Waals surface area contributed by atoms with Crippen LogP contribution < -0.4 is 16.0 Å². The number of benzene rings is 3. The number of nitrogens with one attached hydrogen (secondary N) is 3. The van der Waals surface area contributed by atoms with E-state index in [-0.39, 0.29) is 17.7 Å². The molecule has 1 aliphatic rings. The molecule has 0 radical (unpaired) electrons. The number of carbonyl (C=O) groups is 1. The molecule has 164 valence electrons. The van der Waals surface area contributed by atoms with Gasteiger partial charge in [0.25, 0.3) is 5.91 Å². The first-order chi connectivity index (χ1) is 16.1. The highest BCUT2D eigenvalue weighted by molar-refractivity contribution is 6.07. The highest BCUT2D eigenvalue weighted by Gasteiger charge is 2.30. The van der Waals surface area contributed by atoms with Gasteiger partial charge in [0.1, 0.15) is 17.4 Å². The van der Waals surface area contributed by atoms with Gasteiger partial charge in [-0.05, 0) is 48.9 Å². The topological polar surface area (TPSA) is 91.5 Å². The lowest BCUT2D eigenvalue weighted by molar-refractivity contribution is -0.113. The Bertz CT molecular complexity index is 1340. The van der Waals surface area contributed by atoms with Crippen LogP contribution in [0.5, 0.6) is 0 Å². The molecule has 0 unspecified atom stereocenters. The molecular formula is C25H20FN5O2. The second kappa shape index (κ2) is 8.58. The number of aromatic nitrogens is 1. The van der Waals surface area contributed by atoms with Crippen LogP contribution in [-0.2, 0) is 4.79 Å². The largest absolute Gasteiger partial charge is 0.423 e. The fraction of sp³-hybridized carbons (Fsp3) is 0.0800. The number of aliphatic imine (C=N–C) groups is 1. The van der Waals surface area contributed by atoms with Gasteiger partial charge < -0.3 is 15.1 Å². The first-order valence-electron chi connectivity index (χ1n) is 10.4. The molecule has 8 heteroatoms. The standard InChI is InChI=1S/C25H20FN5O2/c1-15-21(23(32)28-18-7-3-2-4-8-18)22(16-11-13-17(26)14-12-16)30-24(27-15)31-25-29-19-9-5-6-10-20(19)33-25/h2-14,22H,1H3,(H,28,32)(H2,27,29,30,31)/t22-/m1/s1. The minimum Gasteiger partial charge on any atom is -0.423 e. The number of carbonyl (C=O) groups excluding carboxylic acids is 1. The fourth-order valence-corrected chi connectivity index (χ4v) is 3.67. The second-order valence-electron chi connectivity index (χ2n) is 7.53. The van der Waals surface area contributed by atoms with Crippen molar-refractivity contribution in [2.75, 3.05) is 10.6 Å². The summed E-state index contributed by atoms with van der Waals surface area (Å²) >= 11 is 0. The Balaban J connectivity index is 1.48. The van der Waals surface area contributed by atoms with Gasteiger partial charge in [0, 0.05) is 11.4 Å². The Hall–Kier alpha value is -4.46. The molecule has 4 aromatic rings. The number of nitrogens with zero attached hydrogens (tertiary/aromatic N) is 2. The number of para-hydroxylation sites is 3. The molecule has 0 saturated heterocycles. The molecule has 0 saturated carbocycles. The minimum atomic E-state index is -0.664. The van der Waals surface area contributed by atoms with Crippen molar-refractivity contribution in [2.45, 2.75) is 13.0 Å². The monoisotopic (exact) mass is 441 g/mol. The van der Waals surface area contributed by atoms with E-state index in [0.717, 1.165) is 0 Å². The van der Waals surface area contributed by atoms with Gasteiger partial charge in [0.15, 0.2) is 5.58 Å². The molecule has 3 aromatic carbocycles. The summed E-state index contributed by atoms with van der Waals surface area (Å²) in [6.45, 7) is 1.79. The summed E-state index contributed by atoms with van der Waals surface area (Å²) in [5.74, 6) is -0.299. The van der Waals surface area contributed by atoms with E-state index in [1.54, 1.807) is 31.2 Å². The molecule has 2 heterocycles. The number of allylic oxidation sites excluding steroid dienone is 1. The van der Waals surface area contributed by atoms with Crippen molar-refractivity contribution >= 4 is 34.7 Å². The van der Waals surface area contributed by atoms with Gasteiger partial charge in [-0.3, -0.25) is 10.1 Å². The third-order valence-electron chi connectivity index (χ3n) is 5.22. The lowest BCUT2D eigenvalue weighted by Crippen LogP contribution is -2.37. The molecule has 3 N–H and O–H groups in total. The van der Waals surface area contributed by atoms with E-state index in [0.29, 0.717) is 39.6 Å². The van der Waals surface area contributed by atoms with E-state index in [1.165, 1.54) is 12.1 Å². The van der Waals surface area contributed by atoms with Crippen molar-refractivity contribution in [3.8, 4) is 0 Å². The lowest BCUT2D eigenvalue weighted by atomic mass is 9.95. The van der Waals surface area contributed by atoms with Crippen molar-refractivity contribution in [2.24, 2.45) is 4.99 Å². The molecule has 0 bridgehead atoms. The van der Waals surface area contributed by atoms with Crippen molar-refractivity contribution in [1.82, 2.24) is 10.3 Å². The van der Waals surface area contributed by atoms with Crippen molar-refractivity contribution < 1.29 is 13.6 Å². The zero-order valence-electron chi connectivity index (χ0n) is 17.7. The second-order valence-corrected chi connectivity index (χ2v) is 7.53. The number of fused-ring (bicyclic) bond motifs is 1. The van der Waals surface area contributed by atoms with Crippen LogP contribution >= 0.6 is 0 Å². The van der Waals surface area contributed by atoms with Crippen LogP contribution in [0, 0.1) is 5.82 Å². The van der Waals surface area contributed by atoms with E-state index in [2.05, 4.69) is 20.9 Å².